The number of carboxylic acids is 1. The summed E-state index contributed by atoms with van der Waals surface area (Å²) < 4.78 is 0. The molecule has 2 rings (SSSR count). The molecule has 0 aliphatic carbocycles. The zero-order valence-electron chi connectivity index (χ0n) is 10.1. The second kappa shape index (κ2) is 5.32. The van der Waals surface area contributed by atoms with E-state index in [0.29, 0.717) is 0 Å². The molecular formula is C14H19NO2. The normalized spacial score (nSPS) is 23.8. The number of aliphatic carboxylic acids is 1. The molecule has 1 heterocycles. The fraction of sp³-hybridized carbons (Fsp3) is 0.500. The first-order valence-corrected chi connectivity index (χ1v) is 6.28. The maximum Gasteiger partial charge on any atom is 0.320 e. The molecule has 1 fully saturated rings. The summed E-state index contributed by atoms with van der Waals surface area (Å²) in [6.45, 7) is 2.17. The lowest BCUT2D eigenvalue weighted by Crippen LogP contribution is -2.31. The van der Waals surface area contributed by atoms with Crippen LogP contribution in [0, 0.1) is 0 Å². The van der Waals surface area contributed by atoms with E-state index in [2.05, 4.69) is 36.5 Å². The van der Waals surface area contributed by atoms with Gasteiger partial charge < -0.3 is 5.11 Å². The van der Waals surface area contributed by atoms with Gasteiger partial charge >= 0.3 is 5.97 Å². The van der Waals surface area contributed by atoms with Gasteiger partial charge in [-0.05, 0) is 30.4 Å². The van der Waals surface area contributed by atoms with Crippen LogP contribution in [-0.4, -0.2) is 17.1 Å². The van der Waals surface area contributed by atoms with Gasteiger partial charge in [-0.25, -0.2) is 0 Å². The third-order valence-electron chi connectivity index (χ3n) is 3.37. The largest absolute Gasteiger partial charge is 0.480 e. The Morgan fingerprint density at radius 2 is 2.06 bits per heavy atom. The summed E-state index contributed by atoms with van der Waals surface area (Å²) in [5, 5.41) is 12.1. The Balaban J connectivity index is 2.01. The van der Waals surface area contributed by atoms with E-state index in [-0.39, 0.29) is 12.1 Å². The van der Waals surface area contributed by atoms with Gasteiger partial charge in [-0.1, -0.05) is 37.6 Å². The van der Waals surface area contributed by atoms with Gasteiger partial charge in [0.25, 0.3) is 0 Å². The standard InChI is InChI=1S/C14H19NO2/c1-2-3-10-4-6-11(7-5-10)12-8-9-13(15-12)14(16)17/h4-7,12-13,15H,2-3,8-9H2,1H3,(H,16,17). The lowest BCUT2D eigenvalue weighted by Gasteiger charge is -2.12. The Bertz CT molecular complexity index is 386. The predicted molar refractivity (Wildman–Crippen MR) is 67.0 cm³/mol. The molecule has 1 aliphatic rings. The molecule has 17 heavy (non-hydrogen) atoms. The predicted octanol–water partition coefficient (Wildman–Crippen LogP) is 2.52. The van der Waals surface area contributed by atoms with E-state index in [9.17, 15) is 4.79 Å². The number of rotatable bonds is 4. The number of benzene rings is 1. The minimum absolute atomic E-state index is 0.201. The van der Waals surface area contributed by atoms with Crippen LogP contribution in [0.1, 0.15) is 43.4 Å². The summed E-state index contributed by atoms with van der Waals surface area (Å²) in [6, 6.07) is 8.35. The lowest BCUT2D eigenvalue weighted by molar-refractivity contribution is -0.139. The first-order valence-electron chi connectivity index (χ1n) is 6.28. The van der Waals surface area contributed by atoms with Crippen LogP contribution in [0.2, 0.25) is 0 Å². The van der Waals surface area contributed by atoms with Crippen molar-refractivity contribution in [1.29, 1.82) is 0 Å². The second-order valence-electron chi connectivity index (χ2n) is 4.68. The van der Waals surface area contributed by atoms with Gasteiger partial charge in [0, 0.05) is 6.04 Å². The minimum Gasteiger partial charge on any atom is -0.480 e. The van der Waals surface area contributed by atoms with Gasteiger partial charge in [0.05, 0.1) is 0 Å². The lowest BCUT2D eigenvalue weighted by atomic mass is 10.0. The number of aryl methyl sites for hydroxylation is 1. The van der Waals surface area contributed by atoms with Gasteiger partial charge in [0.15, 0.2) is 0 Å². The van der Waals surface area contributed by atoms with Crippen LogP contribution in [0.25, 0.3) is 0 Å². The third kappa shape index (κ3) is 2.86. The molecule has 2 unspecified atom stereocenters. The molecule has 0 radical (unpaired) electrons. The van der Waals surface area contributed by atoms with Crippen molar-refractivity contribution in [2.45, 2.75) is 44.7 Å². The molecule has 1 aromatic rings. The van der Waals surface area contributed by atoms with Gasteiger partial charge in [-0.3, -0.25) is 10.1 Å². The highest BCUT2D eigenvalue weighted by molar-refractivity contribution is 5.73. The van der Waals surface area contributed by atoms with Gasteiger partial charge in [0.1, 0.15) is 6.04 Å². The first-order chi connectivity index (χ1) is 8.20. The zero-order chi connectivity index (χ0) is 12.3. The second-order valence-corrected chi connectivity index (χ2v) is 4.68. The van der Waals surface area contributed by atoms with Crippen molar-refractivity contribution in [1.82, 2.24) is 5.32 Å². The molecule has 0 amide bonds. The first kappa shape index (κ1) is 12.1. The topological polar surface area (TPSA) is 49.3 Å². The molecule has 2 N–H and O–H groups in total. The van der Waals surface area contributed by atoms with Crippen LogP contribution in [0.3, 0.4) is 0 Å². The summed E-state index contributed by atoms with van der Waals surface area (Å²) in [6.07, 6.45) is 3.89. The van der Waals surface area contributed by atoms with Crippen molar-refractivity contribution in [2.75, 3.05) is 0 Å². The molecule has 92 valence electrons. The molecule has 3 heteroatoms. The highest BCUT2D eigenvalue weighted by atomic mass is 16.4. The summed E-state index contributed by atoms with van der Waals surface area (Å²) in [5.74, 6) is -0.741. The molecule has 1 aromatic carbocycles. The van der Waals surface area contributed by atoms with Gasteiger partial charge in [0.2, 0.25) is 0 Å². The number of nitrogens with one attached hydrogen (secondary N) is 1. The number of hydrogen-bond donors (Lipinski definition) is 2. The highest BCUT2D eigenvalue weighted by Gasteiger charge is 2.29. The van der Waals surface area contributed by atoms with Crippen molar-refractivity contribution in [2.24, 2.45) is 0 Å². The molecule has 0 aromatic heterocycles. The number of carboxylic acid groups (broad SMARTS) is 1. The van der Waals surface area contributed by atoms with Crippen LogP contribution in [-0.2, 0) is 11.2 Å². The Morgan fingerprint density at radius 1 is 1.35 bits per heavy atom. The molecule has 3 nitrogen and oxygen atoms in total. The fourth-order valence-corrected chi connectivity index (χ4v) is 2.41. The minimum atomic E-state index is -0.741. The quantitative estimate of drug-likeness (QED) is 0.840. The van der Waals surface area contributed by atoms with Crippen molar-refractivity contribution in [3.8, 4) is 0 Å². The van der Waals surface area contributed by atoms with E-state index in [1.807, 2.05) is 0 Å². The SMILES string of the molecule is CCCc1ccc(C2CCC(C(=O)O)N2)cc1. The summed E-state index contributed by atoms with van der Waals surface area (Å²) in [5.41, 5.74) is 2.55. The van der Waals surface area contributed by atoms with Crippen LogP contribution < -0.4 is 5.32 Å². The highest BCUT2D eigenvalue weighted by Crippen LogP contribution is 2.26. The average Bonchev–Trinajstić information content (AvgIpc) is 2.80. The molecule has 1 saturated heterocycles. The molecule has 1 aliphatic heterocycles. The van der Waals surface area contributed by atoms with Crippen molar-refractivity contribution in [3.05, 3.63) is 35.4 Å². The van der Waals surface area contributed by atoms with E-state index in [0.717, 1.165) is 25.7 Å². The van der Waals surface area contributed by atoms with Crippen molar-refractivity contribution >= 4 is 5.97 Å². The van der Waals surface area contributed by atoms with Crippen LogP contribution in [0.5, 0.6) is 0 Å². The Kier molecular flexibility index (Phi) is 3.79. The van der Waals surface area contributed by atoms with Crippen molar-refractivity contribution < 1.29 is 9.90 Å². The fourth-order valence-electron chi connectivity index (χ4n) is 2.41. The number of carbonyl (C=O) groups is 1. The number of hydrogen-bond acceptors (Lipinski definition) is 2. The van der Waals surface area contributed by atoms with Gasteiger partial charge in [-0.15, -0.1) is 0 Å². The molecule has 2 atom stereocenters. The Morgan fingerprint density at radius 3 is 2.59 bits per heavy atom. The molecular weight excluding hydrogens is 214 g/mol. The maximum absolute atomic E-state index is 10.9. The summed E-state index contributed by atoms with van der Waals surface area (Å²) in [7, 11) is 0. The van der Waals surface area contributed by atoms with Gasteiger partial charge in [-0.2, -0.15) is 0 Å². The average molecular weight is 233 g/mol. The van der Waals surface area contributed by atoms with E-state index in [4.69, 9.17) is 5.11 Å². The zero-order valence-corrected chi connectivity index (χ0v) is 10.1. The molecule has 0 saturated carbocycles. The smallest absolute Gasteiger partial charge is 0.320 e. The molecule has 0 bridgehead atoms. The maximum atomic E-state index is 10.9. The molecule has 0 spiro atoms. The third-order valence-corrected chi connectivity index (χ3v) is 3.37. The summed E-state index contributed by atoms with van der Waals surface area (Å²) in [4.78, 5) is 10.9. The summed E-state index contributed by atoms with van der Waals surface area (Å²) >= 11 is 0. The van der Waals surface area contributed by atoms with Crippen LogP contribution >= 0.6 is 0 Å². The van der Waals surface area contributed by atoms with E-state index < -0.39 is 5.97 Å². The monoisotopic (exact) mass is 233 g/mol. The van der Waals surface area contributed by atoms with E-state index in [1.165, 1.54) is 11.1 Å². The van der Waals surface area contributed by atoms with Crippen molar-refractivity contribution in [3.63, 3.8) is 0 Å². The van der Waals surface area contributed by atoms with E-state index in [1.54, 1.807) is 0 Å². The van der Waals surface area contributed by atoms with Crippen LogP contribution in [0.4, 0.5) is 0 Å². The van der Waals surface area contributed by atoms with Crippen LogP contribution in [0.15, 0.2) is 24.3 Å². The Labute approximate surface area is 102 Å². The van der Waals surface area contributed by atoms with E-state index >= 15 is 0 Å². The Hall–Kier alpha value is -1.35.